The van der Waals surface area contributed by atoms with Crippen LogP contribution in [-0.4, -0.2) is 25.4 Å². The van der Waals surface area contributed by atoms with Gasteiger partial charge in [-0.1, -0.05) is 13.0 Å². The number of nitrogens with one attached hydrogen (secondary N) is 2. The lowest BCUT2D eigenvalue weighted by Gasteiger charge is -2.18. The van der Waals surface area contributed by atoms with Crippen molar-refractivity contribution in [1.82, 2.24) is 10.6 Å². The molecule has 0 bridgehead atoms. The molecule has 0 aliphatic carbocycles. The molecule has 0 radical (unpaired) electrons. The molecule has 0 aromatic carbocycles. The first-order valence-corrected chi connectivity index (χ1v) is 7.13. The maximum Gasteiger partial charge on any atom is 0.166 e. The van der Waals surface area contributed by atoms with E-state index in [1.54, 1.807) is 18.4 Å². The van der Waals surface area contributed by atoms with E-state index in [0.717, 1.165) is 31.1 Å². The first-order chi connectivity index (χ1) is 8.27. The fourth-order valence-electron chi connectivity index (χ4n) is 1.49. The SMILES string of the molecule is CCC(NC(=S)NCCCOC)c1cccs1. The Hall–Kier alpha value is -0.650. The minimum absolute atomic E-state index is 0.317. The van der Waals surface area contributed by atoms with Gasteiger partial charge < -0.3 is 15.4 Å². The lowest BCUT2D eigenvalue weighted by molar-refractivity contribution is 0.195. The maximum absolute atomic E-state index is 5.26. The maximum atomic E-state index is 5.26. The summed E-state index contributed by atoms with van der Waals surface area (Å²) >= 11 is 7.02. The smallest absolute Gasteiger partial charge is 0.166 e. The van der Waals surface area contributed by atoms with E-state index in [0.29, 0.717) is 6.04 Å². The zero-order valence-electron chi connectivity index (χ0n) is 10.4. The van der Waals surface area contributed by atoms with Gasteiger partial charge in [-0.2, -0.15) is 0 Å². The summed E-state index contributed by atoms with van der Waals surface area (Å²) in [5, 5.41) is 9.34. The first kappa shape index (κ1) is 14.4. The van der Waals surface area contributed by atoms with Gasteiger partial charge in [0.15, 0.2) is 5.11 Å². The Balaban J connectivity index is 2.28. The molecule has 0 saturated heterocycles. The minimum Gasteiger partial charge on any atom is -0.385 e. The number of thiocarbonyl (C=S) groups is 1. The number of thiophene rings is 1. The fourth-order valence-corrected chi connectivity index (χ4v) is 2.60. The Bertz CT molecular complexity index is 314. The second-order valence-electron chi connectivity index (χ2n) is 3.72. The molecule has 3 nitrogen and oxygen atoms in total. The van der Waals surface area contributed by atoms with E-state index in [-0.39, 0.29) is 0 Å². The number of hydrogen-bond donors (Lipinski definition) is 2. The van der Waals surface area contributed by atoms with Gasteiger partial charge in [-0.3, -0.25) is 0 Å². The Morgan fingerprint density at radius 2 is 2.41 bits per heavy atom. The van der Waals surface area contributed by atoms with Crippen molar-refractivity contribution in [3.05, 3.63) is 22.4 Å². The third-order valence-corrected chi connectivity index (χ3v) is 3.66. The lowest BCUT2D eigenvalue weighted by Crippen LogP contribution is -2.38. The van der Waals surface area contributed by atoms with Crippen molar-refractivity contribution >= 4 is 28.7 Å². The largest absolute Gasteiger partial charge is 0.385 e. The van der Waals surface area contributed by atoms with Crippen molar-refractivity contribution < 1.29 is 4.74 Å². The summed E-state index contributed by atoms with van der Waals surface area (Å²) in [6.07, 6.45) is 1.99. The molecule has 17 heavy (non-hydrogen) atoms. The topological polar surface area (TPSA) is 33.3 Å². The van der Waals surface area contributed by atoms with Gasteiger partial charge in [0, 0.05) is 25.1 Å². The van der Waals surface area contributed by atoms with Crippen LogP contribution in [0.5, 0.6) is 0 Å². The number of ether oxygens (including phenoxy) is 1. The summed E-state index contributed by atoms with van der Waals surface area (Å²) in [6.45, 7) is 3.77. The molecule has 0 spiro atoms. The predicted molar refractivity (Wildman–Crippen MR) is 77.6 cm³/mol. The second-order valence-corrected chi connectivity index (χ2v) is 5.11. The molecular weight excluding hydrogens is 252 g/mol. The highest BCUT2D eigenvalue weighted by atomic mass is 32.1. The van der Waals surface area contributed by atoms with Gasteiger partial charge in [0.25, 0.3) is 0 Å². The molecule has 2 N–H and O–H groups in total. The van der Waals surface area contributed by atoms with Crippen LogP contribution in [0.1, 0.15) is 30.7 Å². The van der Waals surface area contributed by atoms with Gasteiger partial charge in [-0.05, 0) is 36.5 Å². The van der Waals surface area contributed by atoms with Crippen LogP contribution in [0.15, 0.2) is 17.5 Å². The molecule has 0 saturated carbocycles. The molecule has 1 heterocycles. The Labute approximate surface area is 113 Å². The van der Waals surface area contributed by atoms with E-state index in [1.807, 2.05) is 0 Å². The van der Waals surface area contributed by atoms with Crippen LogP contribution >= 0.6 is 23.6 Å². The van der Waals surface area contributed by atoms with Crippen LogP contribution in [0.25, 0.3) is 0 Å². The molecule has 1 atom stereocenters. The molecular formula is C12H20N2OS2. The summed E-state index contributed by atoms with van der Waals surface area (Å²) in [7, 11) is 1.71. The molecule has 0 aliphatic heterocycles. The van der Waals surface area contributed by atoms with Gasteiger partial charge in [0.2, 0.25) is 0 Å². The molecule has 1 unspecified atom stereocenters. The van der Waals surface area contributed by atoms with Crippen LogP contribution in [0.4, 0.5) is 0 Å². The quantitative estimate of drug-likeness (QED) is 0.591. The van der Waals surface area contributed by atoms with E-state index in [2.05, 4.69) is 35.1 Å². The molecule has 0 aliphatic rings. The zero-order chi connectivity index (χ0) is 12.5. The van der Waals surface area contributed by atoms with Crippen molar-refractivity contribution in [2.75, 3.05) is 20.3 Å². The number of rotatable bonds is 7. The van der Waals surface area contributed by atoms with Crippen LogP contribution in [0.2, 0.25) is 0 Å². The van der Waals surface area contributed by atoms with Crippen molar-refractivity contribution in [2.45, 2.75) is 25.8 Å². The molecule has 96 valence electrons. The van der Waals surface area contributed by atoms with Gasteiger partial charge in [-0.15, -0.1) is 11.3 Å². The van der Waals surface area contributed by atoms with Crippen LogP contribution < -0.4 is 10.6 Å². The number of methoxy groups -OCH3 is 1. The fraction of sp³-hybridized carbons (Fsp3) is 0.583. The highest BCUT2D eigenvalue weighted by Crippen LogP contribution is 2.21. The van der Waals surface area contributed by atoms with Gasteiger partial charge in [0.05, 0.1) is 6.04 Å². The molecule has 5 heteroatoms. The summed E-state index contributed by atoms with van der Waals surface area (Å²) in [6, 6.07) is 4.52. The van der Waals surface area contributed by atoms with Crippen LogP contribution in [-0.2, 0) is 4.74 Å². The van der Waals surface area contributed by atoms with E-state index in [9.17, 15) is 0 Å². The summed E-state index contributed by atoms with van der Waals surface area (Å²) in [5.41, 5.74) is 0. The predicted octanol–water partition coefficient (Wildman–Crippen LogP) is 2.70. The highest BCUT2D eigenvalue weighted by molar-refractivity contribution is 7.80. The Kier molecular flexibility index (Phi) is 7.16. The normalized spacial score (nSPS) is 12.1. The van der Waals surface area contributed by atoms with E-state index in [1.165, 1.54) is 4.88 Å². The lowest BCUT2D eigenvalue weighted by atomic mass is 10.2. The second kappa shape index (κ2) is 8.44. The molecule has 1 aromatic heterocycles. The summed E-state index contributed by atoms with van der Waals surface area (Å²) in [5.74, 6) is 0. The third kappa shape index (κ3) is 5.48. The van der Waals surface area contributed by atoms with Crippen molar-refractivity contribution in [3.8, 4) is 0 Å². The van der Waals surface area contributed by atoms with E-state index in [4.69, 9.17) is 17.0 Å². The van der Waals surface area contributed by atoms with E-state index < -0.39 is 0 Å². The molecule has 1 aromatic rings. The first-order valence-electron chi connectivity index (χ1n) is 5.84. The van der Waals surface area contributed by atoms with Crippen LogP contribution in [0.3, 0.4) is 0 Å². The van der Waals surface area contributed by atoms with E-state index >= 15 is 0 Å². The van der Waals surface area contributed by atoms with Crippen molar-refractivity contribution in [2.24, 2.45) is 0 Å². The van der Waals surface area contributed by atoms with Gasteiger partial charge in [-0.25, -0.2) is 0 Å². The zero-order valence-corrected chi connectivity index (χ0v) is 12.0. The molecule has 0 amide bonds. The summed E-state index contributed by atoms with van der Waals surface area (Å²) in [4.78, 5) is 1.33. The van der Waals surface area contributed by atoms with Gasteiger partial charge in [0.1, 0.15) is 0 Å². The Morgan fingerprint density at radius 1 is 1.59 bits per heavy atom. The Morgan fingerprint density at radius 3 is 3.00 bits per heavy atom. The highest BCUT2D eigenvalue weighted by Gasteiger charge is 2.10. The average Bonchev–Trinajstić information content (AvgIpc) is 2.85. The third-order valence-electron chi connectivity index (χ3n) is 2.41. The molecule has 0 fully saturated rings. The van der Waals surface area contributed by atoms with Crippen molar-refractivity contribution in [1.29, 1.82) is 0 Å². The minimum atomic E-state index is 0.317. The standard InChI is InChI=1S/C12H20N2OS2/c1-3-10(11-6-4-9-17-11)14-12(16)13-7-5-8-15-2/h4,6,9-10H,3,5,7-8H2,1-2H3,(H2,13,14,16). The average molecular weight is 272 g/mol. The van der Waals surface area contributed by atoms with Crippen LogP contribution in [0, 0.1) is 0 Å². The van der Waals surface area contributed by atoms with Crippen molar-refractivity contribution in [3.63, 3.8) is 0 Å². The molecule has 1 rings (SSSR count). The van der Waals surface area contributed by atoms with Gasteiger partial charge >= 0.3 is 0 Å². The summed E-state index contributed by atoms with van der Waals surface area (Å²) < 4.78 is 4.98. The number of hydrogen-bond acceptors (Lipinski definition) is 3. The monoisotopic (exact) mass is 272 g/mol.